The quantitative estimate of drug-likeness (QED) is 0.0850. The van der Waals surface area contributed by atoms with Gasteiger partial charge < -0.3 is 24.6 Å². The van der Waals surface area contributed by atoms with E-state index in [0.717, 1.165) is 30.7 Å². The zero-order valence-corrected chi connectivity index (χ0v) is 29.0. The van der Waals surface area contributed by atoms with E-state index in [1.165, 1.54) is 50.9 Å². The van der Waals surface area contributed by atoms with E-state index in [4.69, 9.17) is 37.4 Å². The third-order valence-corrected chi connectivity index (χ3v) is 10.2. The average Bonchev–Trinajstić information content (AvgIpc) is 3.10. The maximum Gasteiger partial charge on any atom is 0.335 e. The van der Waals surface area contributed by atoms with Crippen LogP contribution in [0, 0.1) is 11.7 Å². The number of carbonyl (C=O) groups is 2. The zero-order valence-electron chi connectivity index (χ0n) is 27.4. The molecule has 3 atom stereocenters. The van der Waals surface area contributed by atoms with Crippen molar-refractivity contribution < 1.29 is 43.2 Å². The van der Waals surface area contributed by atoms with E-state index in [0.29, 0.717) is 40.4 Å². The Morgan fingerprint density at radius 2 is 1.68 bits per heavy atom. The first-order valence-corrected chi connectivity index (χ1v) is 16.9. The van der Waals surface area contributed by atoms with Gasteiger partial charge in [0.05, 0.1) is 19.8 Å². The molecule has 0 aliphatic carbocycles. The van der Waals surface area contributed by atoms with E-state index in [1.54, 1.807) is 36.4 Å². The maximum atomic E-state index is 15.3. The molecule has 262 valence electrons. The molecular weight excluding hydrogens is 688 g/mol. The number of esters is 1. The molecule has 3 aliphatic heterocycles. The number of hydrogen-bond acceptors (Lipinski definition) is 8. The highest BCUT2D eigenvalue weighted by Crippen LogP contribution is 2.40. The van der Waals surface area contributed by atoms with Crippen LogP contribution in [-0.4, -0.2) is 67.1 Å². The van der Waals surface area contributed by atoms with Crippen LogP contribution in [0.25, 0.3) is 0 Å². The van der Waals surface area contributed by atoms with Gasteiger partial charge in [-0.15, -0.1) is 0 Å². The first kappa shape index (κ1) is 35.3. The standard InChI is InChI=1S/C37H36Cl2FN3O7/c1-48-32-10-7-22(15-33(32)49-2)26(17-28-29(38)18-43(47)19-30(28)39)27-16-23(8-9-24(27)36(44)45)41-35(25-5-3-4-6-31(25)40)37(46)50-34-20-42-13-11-21(34)12-14-42/h3-10,15-16,18-19,21,26,34-35,41H,11-14,17,20H2,1-2H3,(H-,44,45,47)/p+1/t26-,34-,35?/m0/s1. The van der Waals surface area contributed by atoms with Crippen molar-refractivity contribution in [3.63, 3.8) is 0 Å². The number of piperidine rings is 3. The fraction of sp³-hybridized carbons (Fsp3) is 0.324. The lowest BCUT2D eigenvalue weighted by atomic mass is 9.83. The molecule has 3 aliphatic rings. The molecule has 0 saturated carbocycles. The predicted molar refractivity (Wildman–Crippen MR) is 184 cm³/mol. The van der Waals surface area contributed by atoms with Crippen LogP contribution >= 0.6 is 23.2 Å². The number of aromatic carboxylic acids is 1. The van der Waals surface area contributed by atoms with Crippen molar-refractivity contribution in [2.24, 2.45) is 5.92 Å². The number of carboxylic acids is 1. The van der Waals surface area contributed by atoms with Crippen molar-refractivity contribution in [3.8, 4) is 11.5 Å². The minimum atomic E-state index is -1.23. The number of nitrogens with zero attached hydrogens (tertiary/aromatic N) is 2. The van der Waals surface area contributed by atoms with Crippen molar-refractivity contribution in [2.75, 3.05) is 39.2 Å². The molecule has 3 saturated heterocycles. The molecule has 1 unspecified atom stereocenters. The zero-order chi connectivity index (χ0) is 35.5. The van der Waals surface area contributed by atoms with E-state index in [9.17, 15) is 19.9 Å². The summed E-state index contributed by atoms with van der Waals surface area (Å²) in [6, 6.07) is 14.6. The summed E-state index contributed by atoms with van der Waals surface area (Å²) in [5, 5.41) is 23.9. The number of benzene rings is 3. The summed E-state index contributed by atoms with van der Waals surface area (Å²) in [7, 11) is 3.00. The molecule has 10 nitrogen and oxygen atoms in total. The molecule has 50 heavy (non-hydrogen) atoms. The first-order valence-electron chi connectivity index (χ1n) is 16.2. The Labute approximate surface area is 298 Å². The topological polar surface area (TPSA) is 121 Å². The highest BCUT2D eigenvalue weighted by molar-refractivity contribution is 6.35. The molecular formula is C37H37Cl2FN3O7+. The second-order valence-electron chi connectivity index (χ2n) is 12.5. The summed E-state index contributed by atoms with van der Waals surface area (Å²) < 4.78 is 33.1. The number of anilines is 1. The van der Waals surface area contributed by atoms with Crippen LogP contribution in [0.3, 0.4) is 0 Å². The van der Waals surface area contributed by atoms with Crippen molar-refractivity contribution in [1.82, 2.24) is 4.90 Å². The van der Waals surface area contributed by atoms with Crippen LogP contribution in [0.1, 0.15) is 57.4 Å². The number of hydrogen-bond donors (Lipinski definition) is 3. The first-order chi connectivity index (χ1) is 24.1. The van der Waals surface area contributed by atoms with Crippen LogP contribution < -0.4 is 19.5 Å². The third-order valence-electron chi connectivity index (χ3n) is 9.57. The molecule has 3 aromatic carbocycles. The lowest BCUT2D eigenvalue weighted by molar-refractivity contribution is -0.904. The van der Waals surface area contributed by atoms with Gasteiger partial charge in [-0.2, -0.15) is 0 Å². The Kier molecular flexibility index (Phi) is 10.7. The lowest BCUT2D eigenvalue weighted by Gasteiger charge is -2.44. The number of fused-ring (bicyclic) bond motifs is 3. The van der Waals surface area contributed by atoms with Gasteiger partial charge >= 0.3 is 11.9 Å². The SMILES string of the molecule is COc1ccc([C@H](Cc2c(Cl)c[n+](O)cc2Cl)c2cc(NC(C(=O)O[C@H]3CN4CCC3CC4)c3ccccc3F)ccc2C(=O)O)cc1OC. The van der Waals surface area contributed by atoms with E-state index in [1.807, 2.05) is 0 Å². The normalized spacial score (nSPS) is 19.3. The summed E-state index contributed by atoms with van der Waals surface area (Å²) in [5.74, 6) is -1.98. The Balaban J connectivity index is 1.43. The van der Waals surface area contributed by atoms with Gasteiger partial charge in [0.25, 0.3) is 0 Å². The van der Waals surface area contributed by atoms with Gasteiger partial charge in [0.1, 0.15) is 22.0 Å². The maximum absolute atomic E-state index is 15.3. The molecule has 13 heteroatoms. The fourth-order valence-corrected chi connectivity index (χ4v) is 7.56. The lowest BCUT2D eigenvalue weighted by Crippen LogP contribution is -2.52. The summed E-state index contributed by atoms with van der Waals surface area (Å²) in [4.78, 5) is 28.9. The number of carboxylic acid groups (broad SMARTS) is 1. The minimum Gasteiger partial charge on any atom is -0.493 e. The molecule has 0 radical (unpaired) electrons. The molecule has 1 aromatic heterocycles. The van der Waals surface area contributed by atoms with Gasteiger partial charge in [0, 0.05) is 34.0 Å². The Morgan fingerprint density at radius 1 is 0.980 bits per heavy atom. The van der Waals surface area contributed by atoms with Gasteiger partial charge in [0.15, 0.2) is 17.5 Å². The van der Waals surface area contributed by atoms with Gasteiger partial charge in [0.2, 0.25) is 12.4 Å². The fourth-order valence-electron chi connectivity index (χ4n) is 6.95. The summed E-state index contributed by atoms with van der Waals surface area (Å²) in [5.41, 5.74) is 1.88. The van der Waals surface area contributed by atoms with E-state index in [2.05, 4.69) is 10.2 Å². The van der Waals surface area contributed by atoms with Crippen molar-refractivity contribution in [1.29, 1.82) is 0 Å². The van der Waals surface area contributed by atoms with Crippen LogP contribution in [0.2, 0.25) is 10.0 Å². The Bertz CT molecular complexity index is 1880. The van der Waals surface area contributed by atoms with Crippen LogP contribution in [0.4, 0.5) is 10.1 Å². The van der Waals surface area contributed by atoms with E-state index < -0.39 is 29.7 Å². The number of ether oxygens (including phenoxy) is 3. The number of halogens is 3. The minimum absolute atomic E-state index is 0.0203. The molecule has 0 amide bonds. The Morgan fingerprint density at radius 3 is 2.30 bits per heavy atom. The van der Waals surface area contributed by atoms with Gasteiger partial charge in [-0.3, -0.25) is 10.1 Å². The summed E-state index contributed by atoms with van der Waals surface area (Å²) >= 11 is 13.1. The summed E-state index contributed by atoms with van der Waals surface area (Å²) in [6.07, 6.45) is 4.23. The molecule has 0 spiro atoms. The molecule has 4 heterocycles. The number of rotatable bonds is 12. The van der Waals surface area contributed by atoms with Crippen LogP contribution in [-0.2, 0) is 16.0 Å². The average molecular weight is 726 g/mol. The van der Waals surface area contributed by atoms with E-state index in [-0.39, 0.29) is 39.6 Å². The van der Waals surface area contributed by atoms with Crippen molar-refractivity contribution >= 4 is 40.8 Å². The largest absolute Gasteiger partial charge is 0.493 e. The molecule has 3 fully saturated rings. The highest BCUT2D eigenvalue weighted by atomic mass is 35.5. The second-order valence-corrected chi connectivity index (χ2v) is 13.3. The van der Waals surface area contributed by atoms with Crippen LogP contribution in [0.5, 0.6) is 11.5 Å². The van der Waals surface area contributed by atoms with Gasteiger partial charge in [-0.1, -0.05) is 47.5 Å². The van der Waals surface area contributed by atoms with Gasteiger partial charge in [-0.25, -0.2) is 14.0 Å². The molecule has 7 rings (SSSR count). The number of carbonyl (C=O) groups excluding carboxylic acids is 1. The Hall–Kier alpha value is -4.58. The monoisotopic (exact) mass is 724 g/mol. The number of methoxy groups -OCH3 is 2. The molecule has 4 aromatic rings. The van der Waals surface area contributed by atoms with Gasteiger partial charge in [-0.05, 0) is 85.8 Å². The molecule has 2 bridgehead atoms. The van der Waals surface area contributed by atoms with Crippen molar-refractivity contribution in [3.05, 3.63) is 117 Å². The smallest absolute Gasteiger partial charge is 0.335 e. The van der Waals surface area contributed by atoms with Crippen molar-refractivity contribution in [2.45, 2.75) is 37.3 Å². The van der Waals surface area contributed by atoms with E-state index >= 15 is 4.39 Å². The number of nitrogens with one attached hydrogen (secondary N) is 1. The number of pyridine rings is 1. The highest BCUT2D eigenvalue weighted by Gasteiger charge is 2.38. The predicted octanol–water partition coefficient (Wildman–Crippen LogP) is 6.54. The third kappa shape index (κ3) is 7.45. The van der Waals surface area contributed by atoms with Crippen LogP contribution in [0.15, 0.2) is 73.1 Å². The molecule has 3 N–H and O–H groups in total. The summed E-state index contributed by atoms with van der Waals surface area (Å²) in [6.45, 7) is 2.56. The second kappa shape index (κ2) is 15.1. The number of aromatic nitrogens is 1.